The quantitative estimate of drug-likeness (QED) is 0.691. The van der Waals surface area contributed by atoms with E-state index in [1.165, 1.54) is 27.2 Å². The molecule has 0 aliphatic heterocycles. The molecule has 0 aromatic heterocycles. The number of carbonyl (C=O) groups excluding carboxylic acids is 3. The summed E-state index contributed by atoms with van der Waals surface area (Å²) in [7, 11) is 2.98. The van der Waals surface area contributed by atoms with Crippen LogP contribution in [0.15, 0.2) is 42.5 Å². The van der Waals surface area contributed by atoms with Gasteiger partial charge in [0.25, 0.3) is 5.91 Å². The van der Waals surface area contributed by atoms with Crippen molar-refractivity contribution in [3.8, 4) is 11.5 Å². The summed E-state index contributed by atoms with van der Waals surface area (Å²) in [4.78, 5) is 35.2. The Balaban J connectivity index is 1.89. The van der Waals surface area contributed by atoms with Gasteiger partial charge in [-0.05, 0) is 42.5 Å². The van der Waals surface area contributed by atoms with Crippen LogP contribution in [0.5, 0.6) is 11.5 Å². The van der Waals surface area contributed by atoms with Crippen LogP contribution in [0, 0.1) is 0 Å². The topological polar surface area (TPSA) is 106 Å². The molecule has 3 amide bonds. The largest absolute Gasteiger partial charge is 0.493 e. The molecule has 27 heavy (non-hydrogen) atoms. The molecule has 8 nitrogen and oxygen atoms in total. The summed E-state index contributed by atoms with van der Waals surface area (Å²) in [5, 5.41) is 7.83. The van der Waals surface area contributed by atoms with Crippen LogP contribution in [0.25, 0.3) is 0 Å². The van der Waals surface area contributed by atoms with E-state index < -0.39 is 5.91 Å². The molecule has 142 valence electrons. The van der Waals surface area contributed by atoms with E-state index in [4.69, 9.17) is 9.47 Å². The maximum Gasteiger partial charge on any atom is 0.251 e. The van der Waals surface area contributed by atoms with Crippen molar-refractivity contribution in [2.75, 3.05) is 31.4 Å². The van der Waals surface area contributed by atoms with Crippen molar-refractivity contribution in [2.24, 2.45) is 0 Å². The van der Waals surface area contributed by atoms with Crippen molar-refractivity contribution in [1.29, 1.82) is 0 Å². The van der Waals surface area contributed by atoms with Crippen LogP contribution in [0.2, 0.25) is 0 Å². The third-order valence-corrected chi connectivity index (χ3v) is 3.54. The molecule has 0 heterocycles. The van der Waals surface area contributed by atoms with E-state index >= 15 is 0 Å². The fraction of sp³-hybridized carbons (Fsp3) is 0.211. The van der Waals surface area contributed by atoms with E-state index in [-0.39, 0.29) is 18.4 Å². The third kappa shape index (κ3) is 5.74. The van der Waals surface area contributed by atoms with Crippen molar-refractivity contribution in [2.45, 2.75) is 6.92 Å². The Labute approximate surface area is 156 Å². The summed E-state index contributed by atoms with van der Waals surface area (Å²) >= 11 is 0. The molecule has 0 saturated heterocycles. The number of benzene rings is 2. The number of rotatable bonds is 7. The van der Waals surface area contributed by atoms with Gasteiger partial charge in [0.1, 0.15) is 0 Å². The fourth-order valence-electron chi connectivity index (χ4n) is 2.29. The molecule has 0 unspecified atom stereocenters. The van der Waals surface area contributed by atoms with Gasteiger partial charge in [-0.25, -0.2) is 0 Å². The first-order valence-electron chi connectivity index (χ1n) is 8.10. The number of amides is 3. The molecule has 2 aromatic rings. The Bertz CT molecular complexity index is 834. The van der Waals surface area contributed by atoms with E-state index in [9.17, 15) is 14.4 Å². The molecule has 2 rings (SSSR count). The van der Waals surface area contributed by atoms with Crippen LogP contribution in [0.1, 0.15) is 17.3 Å². The Kier molecular flexibility index (Phi) is 6.76. The summed E-state index contributed by atoms with van der Waals surface area (Å²) in [6.45, 7) is 1.22. The number of methoxy groups -OCH3 is 2. The zero-order chi connectivity index (χ0) is 19.8. The average Bonchev–Trinajstić information content (AvgIpc) is 2.66. The minimum Gasteiger partial charge on any atom is -0.493 e. The first-order valence-corrected chi connectivity index (χ1v) is 8.10. The zero-order valence-corrected chi connectivity index (χ0v) is 15.3. The molecule has 0 radical (unpaired) electrons. The predicted molar refractivity (Wildman–Crippen MR) is 101 cm³/mol. The van der Waals surface area contributed by atoms with Gasteiger partial charge in [-0.3, -0.25) is 14.4 Å². The highest BCUT2D eigenvalue weighted by Crippen LogP contribution is 2.27. The molecular formula is C19H21N3O5. The van der Waals surface area contributed by atoms with Crippen LogP contribution in [0.4, 0.5) is 11.4 Å². The van der Waals surface area contributed by atoms with E-state index in [0.717, 1.165) is 0 Å². The van der Waals surface area contributed by atoms with Gasteiger partial charge in [0.2, 0.25) is 11.8 Å². The maximum absolute atomic E-state index is 12.2. The standard InChI is InChI=1S/C19H21N3O5/c1-12(23)21-14-5-7-15(8-6-14)22-18(24)11-20-19(25)13-4-9-16(26-2)17(10-13)27-3/h4-10H,11H2,1-3H3,(H,20,25)(H,21,23)(H,22,24). The first-order chi connectivity index (χ1) is 12.9. The lowest BCUT2D eigenvalue weighted by Gasteiger charge is -2.10. The summed E-state index contributed by atoms with van der Waals surface area (Å²) in [5.74, 6) is -0.0313. The van der Waals surface area contributed by atoms with Gasteiger partial charge in [0.05, 0.1) is 20.8 Å². The van der Waals surface area contributed by atoms with E-state index in [1.54, 1.807) is 36.4 Å². The van der Waals surface area contributed by atoms with Crippen molar-refractivity contribution < 1.29 is 23.9 Å². The normalized spacial score (nSPS) is 9.89. The molecule has 0 fully saturated rings. The highest BCUT2D eigenvalue weighted by Gasteiger charge is 2.12. The highest BCUT2D eigenvalue weighted by atomic mass is 16.5. The maximum atomic E-state index is 12.2. The molecule has 0 bridgehead atoms. The van der Waals surface area contributed by atoms with Gasteiger partial charge in [-0.2, -0.15) is 0 Å². The summed E-state index contributed by atoms with van der Waals surface area (Å²) < 4.78 is 10.3. The van der Waals surface area contributed by atoms with Gasteiger partial charge < -0.3 is 25.4 Å². The molecule has 0 saturated carbocycles. The molecule has 2 aromatic carbocycles. The van der Waals surface area contributed by atoms with Crippen LogP contribution in [0.3, 0.4) is 0 Å². The first kappa shape index (κ1) is 19.8. The van der Waals surface area contributed by atoms with Crippen LogP contribution < -0.4 is 25.4 Å². The van der Waals surface area contributed by atoms with Crippen molar-refractivity contribution in [3.63, 3.8) is 0 Å². The molecule has 3 N–H and O–H groups in total. The van der Waals surface area contributed by atoms with Gasteiger partial charge >= 0.3 is 0 Å². The molecule has 0 aliphatic carbocycles. The zero-order valence-electron chi connectivity index (χ0n) is 15.3. The Morgan fingerprint density at radius 3 is 2.00 bits per heavy atom. The fourth-order valence-corrected chi connectivity index (χ4v) is 2.29. The van der Waals surface area contributed by atoms with Gasteiger partial charge in [0, 0.05) is 23.9 Å². The second-order valence-corrected chi connectivity index (χ2v) is 5.56. The second kappa shape index (κ2) is 9.23. The summed E-state index contributed by atoms with van der Waals surface area (Å²) in [5.41, 5.74) is 1.52. The number of anilines is 2. The SMILES string of the molecule is COc1ccc(C(=O)NCC(=O)Nc2ccc(NC(C)=O)cc2)cc1OC. The summed E-state index contributed by atoms with van der Waals surface area (Å²) in [6.07, 6.45) is 0. The van der Waals surface area contributed by atoms with E-state index in [2.05, 4.69) is 16.0 Å². The lowest BCUT2D eigenvalue weighted by molar-refractivity contribution is -0.115. The Morgan fingerprint density at radius 1 is 0.852 bits per heavy atom. The number of hydrogen-bond donors (Lipinski definition) is 3. The van der Waals surface area contributed by atoms with Crippen molar-refractivity contribution >= 4 is 29.1 Å². The monoisotopic (exact) mass is 371 g/mol. The van der Waals surface area contributed by atoms with Crippen LogP contribution in [-0.2, 0) is 9.59 Å². The highest BCUT2D eigenvalue weighted by molar-refractivity contribution is 5.99. The van der Waals surface area contributed by atoms with Crippen LogP contribution >= 0.6 is 0 Å². The third-order valence-electron chi connectivity index (χ3n) is 3.54. The minimum absolute atomic E-state index is 0.176. The number of ether oxygens (including phenoxy) is 2. The lowest BCUT2D eigenvalue weighted by atomic mass is 10.2. The second-order valence-electron chi connectivity index (χ2n) is 5.56. The van der Waals surface area contributed by atoms with Crippen LogP contribution in [-0.4, -0.2) is 38.5 Å². The average molecular weight is 371 g/mol. The molecule has 0 aliphatic rings. The number of nitrogens with one attached hydrogen (secondary N) is 3. The van der Waals surface area contributed by atoms with E-state index in [0.29, 0.717) is 28.4 Å². The molecule has 0 atom stereocenters. The van der Waals surface area contributed by atoms with Gasteiger partial charge in [0.15, 0.2) is 11.5 Å². The van der Waals surface area contributed by atoms with Gasteiger partial charge in [-0.1, -0.05) is 0 Å². The lowest BCUT2D eigenvalue weighted by Crippen LogP contribution is -2.32. The summed E-state index contributed by atoms with van der Waals surface area (Å²) in [6, 6.07) is 11.4. The number of hydrogen-bond acceptors (Lipinski definition) is 5. The van der Waals surface area contributed by atoms with Gasteiger partial charge in [-0.15, -0.1) is 0 Å². The van der Waals surface area contributed by atoms with Crippen molar-refractivity contribution in [1.82, 2.24) is 5.32 Å². The van der Waals surface area contributed by atoms with E-state index in [1.807, 2.05) is 0 Å². The molecule has 8 heteroatoms. The number of carbonyl (C=O) groups is 3. The smallest absolute Gasteiger partial charge is 0.251 e. The minimum atomic E-state index is -0.410. The molecule has 0 spiro atoms. The predicted octanol–water partition coefficient (Wildman–Crippen LogP) is 2.03. The van der Waals surface area contributed by atoms with Crippen molar-refractivity contribution in [3.05, 3.63) is 48.0 Å². The Morgan fingerprint density at radius 2 is 1.44 bits per heavy atom. The molecular weight excluding hydrogens is 350 g/mol. The Hall–Kier alpha value is -3.55.